The molecule has 2 aromatic carbocycles. The third kappa shape index (κ3) is 3.82. The second kappa shape index (κ2) is 7.42. The van der Waals surface area contributed by atoms with E-state index in [0.717, 1.165) is 0 Å². The van der Waals surface area contributed by atoms with Crippen LogP contribution < -0.4 is 5.43 Å². The van der Waals surface area contributed by atoms with E-state index in [4.69, 9.17) is 4.42 Å². The topological polar surface area (TPSA) is 77.2 Å². The lowest BCUT2D eigenvalue weighted by Crippen LogP contribution is -2.14. The Hall–Kier alpha value is -2.83. The van der Waals surface area contributed by atoms with Crippen molar-refractivity contribution in [3.63, 3.8) is 0 Å². The van der Waals surface area contributed by atoms with Crippen LogP contribution in [0.25, 0.3) is 22.3 Å². The van der Waals surface area contributed by atoms with Crippen LogP contribution in [0.3, 0.4) is 0 Å². The summed E-state index contributed by atoms with van der Waals surface area (Å²) in [5.74, 6) is -0.103. The molecule has 2 N–H and O–H groups in total. The molecule has 0 saturated carbocycles. The molecule has 0 atom stereocenters. The molecule has 6 nitrogen and oxygen atoms in total. The van der Waals surface area contributed by atoms with Crippen LogP contribution in [0.15, 0.2) is 45.6 Å². The highest BCUT2D eigenvalue weighted by molar-refractivity contribution is 5.82. The first-order valence-electron chi connectivity index (χ1n) is 8.67. The first-order valence-corrected chi connectivity index (χ1v) is 8.67. The average molecular weight is 368 g/mol. The minimum Gasteiger partial charge on any atom is -0.507 e. The smallest absolute Gasteiger partial charge is 0.235 e. The number of phenolic OH excluding ortho intramolecular Hbond substituents is 1. The Balaban J connectivity index is 2.25. The average Bonchev–Trinajstić information content (AvgIpc) is 2.60. The zero-order valence-electron chi connectivity index (χ0n) is 16.0. The number of phenols is 1. The summed E-state index contributed by atoms with van der Waals surface area (Å²) in [5.41, 5.74) is 1.89. The molecule has 27 heavy (non-hydrogen) atoms. The van der Waals surface area contributed by atoms with Gasteiger partial charge in [-0.2, -0.15) is 0 Å². The number of benzene rings is 2. The largest absolute Gasteiger partial charge is 0.507 e. The Morgan fingerprint density at radius 3 is 2.00 bits per heavy atom. The molecule has 0 aliphatic carbocycles. The molecule has 142 valence electrons. The molecule has 0 fully saturated rings. The third-order valence-corrected chi connectivity index (χ3v) is 4.28. The quantitative estimate of drug-likeness (QED) is 0.721. The van der Waals surface area contributed by atoms with Crippen molar-refractivity contribution in [2.45, 2.75) is 13.1 Å². The maximum absolute atomic E-state index is 12.5. The second-order valence-corrected chi connectivity index (χ2v) is 7.22. The molecule has 1 heterocycles. The van der Waals surface area contributed by atoms with E-state index in [1.165, 1.54) is 0 Å². The van der Waals surface area contributed by atoms with Crippen LogP contribution in [0.5, 0.6) is 11.5 Å². The van der Waals surface area contributed by atoms with Crippen molar-refractivity contribution in [1.29, 1.82) is 0 Å². The molecule has 0 bridgehead atoms. The van der Waals surface area contributed by atoms with Crippen molar-refractivity contribution in [2.24, 2.45) is 0 Å². The number of para-hydroxylation sites is 1. The van der Waals surface area contributed by atoms with Crippen LogP contribution in [-0.2, 0) is 13.1 Å². The highest BCUT2D eigenvalue weighted by atomic mass is 16.4. The van der Waals surface area contributed by atoms with Crippen molar-refractivity contribution in [2.75, 3.05) is 28.2 Å². The summed E-state index contributed by atoms with van der Waals surface area (Å²) in [6.45, 7) is 1.03. The van der Waals surface area contributed by atoms with Crippen LogP contribution in [0.1, 0.15) is 11.1 Å². The van der Waals surface area contributed by atoms with Crippen LogP contribution in [-0.4, -0.2) is 48.2 Å². The zero-order chi connectivity index (χ0) is 19.7. The summed E-state index contributed by atoms with van der Waals surface area (Å²) in [4.78, 5) is 16.4. The molecule has 0 spiro atoms. The summed E-state index contributed by atoms with van der Waals surface area (Å²) in [6, 6.07) is 10.3. The van der Waals surface area contributed by atoms with E-state index >= 15 is 0 Å². The molecule has 0 saturated heterocycles. The molecule has 6 heteroatoms. The lowest BCUT2D eigenvalue weighted by Gasteiger charge is -2.18. The Labute approximate surface area is 157 Å². The molecule has 0 amide bonds. The summed E-state index contributed by atoms with van der Waals surface area (Å²) in [6.07, 6.45) is 0. The van der Waals surface area contributed by atoms with Crippen molar-refractivity contribution < 1.29 is 14.6 Å². The molecule has 1 aromatic heterocycles. The number of nitrogens with zero attached hydrogens (tertiary/aromatic N) is 2. The van der Waals surface area contributed by atoms with Gasteiger partial charge in [0.05, 0.1) is 5.39 Å². The summed E-state index contributed by atoms with van der Waals surface area (Å²) < 4.78 is 5.86. The van der Waals surface area contributed by atoms with Gasteiger partial charge < -0.3 is 24.4 Å². The molecule has 3 rings (SSSR count). The van der Waals surface area contributed by atoms with E-state index in [1.807, 2.05) is 38.0 Å². The first-order chi connectivity index (χ1) is 12.8. The monoisotopic (exact) mass is 368 g/mol. The van der Waals surface area contributed by atoms with Gasteiger partial charge in [-0.1, -0.05) is 12.1 Å². The SMILES string of the molecule is CN(C)Cc1cc(-c2oc3ccccc3c(=O)c2O)cc(CN(C)C)c1O. The summed E-state index contributed by atoms with van der Waals surface area (Å²) in [7, 11) is 7.63. The maximum atomic E-state index is 12.5. The minimum atomic E-state index is -0.469. The molecule has 0 radical (unpaired) electrons. The van der Waals surface area contributed by atoms with E-state index in [1.54, 1.807) is 36.4 Å². The lowest BCUT2D eigenvalue weighted by molar-refractivity contribution is 0.368. The first kappa shape index (κ1) is 18.9. The zero-order valence-corrected chi connectivity index (χ0v) is 16.0. The Kier molecular flexibility index (Phi) is 5.21. The Morgan fingerprint density at radius 2 is 1.44 bits per heavy atom. The van der Waals surface area contributed by atoms with Gasteiger partial charge in [-0.25, -0.2) is 0 Å². The Morgan fingerprint density at radius 1 is 0.889 bits per heavy atom. The third-order valence-electron chi connectivity index (χ3n) is 4.28. The number of hydrogen-bond donors (Lipinski definition) is 2. The van der Waals surface area contributed by atoms with E-state index in [-0.39, 0.29) is 11.5 Å². The van der Waals surface area contributed by atoms with Gasteiger partial charge in [-0.05, 0) is 52.5 Å². The normalized spacial score (nSPS) is 11.6. The number of fused-ring (bicyclic) bond motifs is 1. The van der Waals surface area contributed by atoms with Crippen molar-refractivity contribution in [3.8, 4) is 22.8 Å². The minimum absolute atomic E-state index is 0.110. The maximum Gasteiger partial charge on any atom is 0.235 e. The second-order valence-electron chi connectivity index (χ2n) is 7.22. The standard InChI is InChI=1S/C21H24N2O4/c1-22(2)11-14-9-13(10-15(18(14)24)12-23(3)4)21-20(26)19(25)16-7-5-6-8-17(16)27-21/h5-10,24,26H,11-12H2,1-4H3. The highest BCUT2D eigenvalue weighted by Gasteiger charge is 2.19. The van der Waals surface area contributed by atoms with Gasteiger partial charge in [0.15, 0.2) is 5.76 Å². The summed E-state index contributed by atoms with van der Waals surface area (Å²) in [5, 5.41) is 21.5. The fraction of sp³-hybridized carbons (Fsp3) is 0.286. The van der Waals surface area contributed by atoms with Crippen molar-refractivity contribution >= 4 is 11.0 Å². The van der Waals surface area contributed by atoms with E-state index in [0.29, 0.717) is 40.7 Å². The van der Waals surface area contributed by atoms with Gasteiger partial charge in [0.2, 0.25) is 11.2 Å². The number of aromatic hydroxyl groups is 2. The molecule has 3 aromatic rings. The number of hydrogen-bond acceptors (Lipinski definition) is 6. The van der Waals surface area contributed by atoms with Gasteiger partial charge in [-0.3, -0.25) is 4.79 Å². The van der Waals surface area contributed by atoms with Crippen LogP contribution in [0, 0.1) is 0 Å². The van der Waals surface area contributed by atoms with Crippen LogP contribution in [0.2, 0.25) is 0 Å². The predicted octanol–water partition coefficient (Wildman–Crippen LogP) is 2.99. The van der Waals surface area contributed by atoms with Gasteiger partial charge >= 0.3 is 0 Å². The molecule has 0 aliphatic heterocycles. The van der Waals surface area contributed by atoms with Gasteiger partial charge in [0, 0.05) is 29.8 Å². The van der Waals surface area contributed by atoms with Crippen LogP contribution >= 0.6 is 0 Å². The fourth-order valence-corrected chi connectivity index (χ4v) is 3.14. The van der Waals surface area contributed by atoms with Gasteiger partial charge in [0.1, 0.15) is 11.3 Å². The molecular formula is C21H24N2O4. The predicted molar refractivity (Wildman–Crippen MR) is 106 cm³/mol. The summed E-state index contributed by atoms with van der Waals surface area (Å²) >= 11 is 0. The highest BCUT2D eigenvalue weighted by Crippen LogP contribution is 2.35. The van der Waals surface area contributed by atoms with E-state index in [2.05, 4.69) is 0 Å². The van der Waals surface area contributed by atoms with Gasteiger partial charge in [-0.15, -0.1) is 0 Å². The van der Waals surface area contributed by atoms with E-state index < -0.39 is 11.2 Å². The molecule has 0 unspecified atom stereocenters. The van der Waals surface area contributed by atoms with Gasteiger partial charge in [0.25, 0.3) is 0 Å². The van der Waals surface area contributed by atoms with Crippen molar-refractivity contribution in [1.82, 2.24) is 9.80 Å². The van der Waals surface area contributed by atoms with E-state index in [9.17, 15) is 15.0 Å². The fourth-order valence-electron chi connectivity index (χ4n) is 3.14. The Bertz CT molecular complexity index is 1010. The van der Waals surface area contributed by atoms with Crippen molar-refractivity contribution in [3.05, 3.63) is 57.7 Å². The number of rotatable bonds is 5. The molecular weight excluding hydrogens is 344 g/mol. The molecule has 0 aliphatic rings. The lowest BCUT2D eigenvalue weighted by atomic mass is 10.0. The van der Waals surface area contributed by atoms with Crippen LogP contribution in [0.4, 0.5) is 0 Å².